The maximum atomic E-state index is 5.63. The molecule has 0 aromatic heterocycles. The molecular formula is C10H20O4. The van der Waals surface area contributed by atoms with Crippen molar-refractivity contribution < 1.29 is 18.9 Å². The minimum Gasteiger partial charge on any atom is -0.382 e. The summed E-state index contributed by atoms with van der Waals surface area (Å²) in [7, 11) is 3.35. The van der Waals surface area contributed by atoms with E-state index in [0.29, 0.717) is 19.8 Å². The van der Waals surface area contributed by atoms with Crippen LogP contribution in [-0.2, 0) is 18.9 Å². The summed E-state index contributed by atoms with van der Waals surface area (Å²) in [5.74, 6) is 0. The van der Waals surface area contributed by atoms with E-state index in [-0.39, 0.29) is 12.2 Å². The Kier molecular flexibility index (Phi) is 6.10. The topological polar surface area (TPSA) is 36.9 Å². The van der Waals surface area contributed by atoms with Gasteiger partial charge in [-0.05, 0) is 12.8 Å². The van der Waals surface area contributed by atoms with Gasteiger partial charge in [-0.3, -0.25) is 0 Å². The third-order valence-corrected chi connectivity index (χ3v) is 2.33. The van der Waals surface area contributed by atoms with E-state index in [4.69, 9.17) is 18.9 Å². The van der Waals surface area contributed by atoms with Gasteiger partial charge in [-0.15, -0.1) is 0 Å². The SMILES string of the molecule is COCCOC(COC)C1CCCO1. The fraction of sp³-hybridized carbons (Fsp3) is 1.00. The van der Waals surface area contributed by atoms with Gasteiger partial charge < -0.3 is 18.9 Å². The van der Waals surface area contributed by atoms with Crippen LogP contribution in [0.4, 0.5) is 0 Å². The molecule has 0 amide bonds. The van der Waals surface area contributed by atoms with E-state index in [1.807, 2.05) is 0 Å². The second kappa shape index (κ2) is 7.17. The Morgan fingerprint density at radius 3 is 2.71 bits per heavy atom. The van der Waals surface area contributed by atoms with Crippen molar-refractivity contribution in [1.29, 1.82) is 0 Å². The summed E-state index contributed by atoms with van der Waals surface area (Å²) in [6.45, 7) is 2.66. The first-order valence-corrected chi connectivity index (χ1v) is 5.09. The van der Waals surface area contributed by atoms with Gasteiger partial charge in [0.15, 0.2) is 0 Å². The highest BCUT2D eigenvalue weighted by molar-refractivity contribution is 4.74. The lowest BCUT2D eigenvalue weighted by atomic mass is 10.1. The van der Waals surface area contributed by atoms with Crippen LogP contribution in [0.15, 0.2) is 0 Å². The van der Waals surface area contributed by atoms with Crippen LogP contribution < -0.4 is 0 Å². The van der Waals surface area contributed by atoms with E-state index >= 15 is 0 Å². The third-order valence-electron chi connectivity index (χ3n) is 2.33. The third kappa shape index (κ3) is 3.92. The number of methoxy groups -OCH3 is 2. The molecule has 1 fully saturated rings. The lowest BCUT2D eigenvalue weighted by Crippen LogP contribution is -2.33. The molecule has 1 saturated heterocycles. The van der Waals surface area contributed by atoms with E-state index in [9.17, 15) is 0 Å². The molecule has 1 heterocycles. The average molecular weight is 204 g/mol. The van der Waals surface area contributed by atoms with E-state index in [1.165, 1.54) is 0 Å². The van der Waals surface area contributed by atoms with Crippen LogP contribution in [0.3, 0.4) is 0 Å². The van der Waals surface area contributed by atoms with Gasteiger partial charge in [-0.25, -0.2) is 0 Å². The normalized spacial score (nSPS) is 24.0. The molecule has 0 bridgehead atoms. The molecule has 1 aliphatic rings. The molecule has 0 aromatic rings. The summed E-state index contributed by atoms with van der Waals surface area (Å²) in [6, 6.07) is 0. The molecule has 14 heavy (non-hydrogen) atoms. The van der Waals surface area contributed by atoms with Gasteiger partial charge >= 0.3 is 0 Å². The summed E-state index contributed by atoms with van der Waals surface area (Å²) in [5, 5.41) is 0. The smallest absolute Gasteiger partial charge is 0.107 e. The zero-order valence-corrected chi connectivity index (χ0v) is 9.03. The first kappa shape index (κ1) is 11.9. The Labute approximate surface area is 85.5 Å². The maximum absolute atomic E-state index is 5.63. The highest BCUT2D eigenvalue weighted by atomic mass is 16.6. The zero-order valence-electron chi connectivity index (χ0n) is 9.03. The minimum atomic E-state index is 0.0534. The van der Waals surface area contributed by atoms with Crippen LogP contribution in [0.1, 0.15) is 12.8 Å². The zero-order chi connectivity index (χ0) is 10.2. The predicted molar refractivity (Wildman–Crippen MR) is 52.5 cm³/mol. The monoisotopic (exact) mass is 204 g/mol. The molecule has 1 rings (SSSR count). The van der Waals surface area contributed by atoms with E-state index < -0.39 is 0 Å². The van der Waals surface area contributed by atoms with Crippen molar-refractivity contribution in [3.63, 3.8) is 0 Å². The molecule has 0 saturated carbocycles. The van der Waals surface area contributed by atoms with Gasteiger partial charge in [0.2, 0.25) is 0 Å². The number of ether oxygens (including phenoxy) is 4. The molecule has 84 valence electrons. The Hall–Kier alpha value is -0.160. The van der Waals surface area contributed by atoms with Crippen LogP contribution in [-0.4, -0.2) is 52.9 Å². The largest absolute Gasteiger partial charge is 0.382 e. The van der Waals surface area contributed by atoms with Crippen molar-refractivity contribution in [2.45, 2.75) is 25.0 Å². The lowest BCUT2D eigenvalue weighted by Gasteiger charge is -2.22. The molecule has 2 atom stereocenters. The first-order chi connectivity index (χ1) is 6.88. The maximum Gasteiger partial charge on any atom is 0.107 e. The summed E-state index contributed by atoms with van der Waals surface area (Å²) in [4.78, 5) is 0. The van der Waals surface area contributed by atoms with Gasteiger partial charge in [0.1, 0.15) is 6.10 Å². The fourth-order valence-electron chi connectivity index (χ4n) is 1.61. The second-order valence-electron chi connectivity index (χ2n) is 3.41. The predicted octanol–water partition coefficient (Wildman–Crippen LogP) is 0.843. The molecule has 1 aliphatic heterocycles. The van der Waals surface area contributed by atoms with Crippen LogP contribution in [0.2, 0.25) is 0 Å². The van der Waals surface area contributed by atoms with Crippen molar-refractivity contribution in [3.8, 4) is 0 Å². The fourth-order valence-corrected chi connectivity index (χ4v) is 1.61. The van der Waals surface area contributed by atoms with Crippen molar-refractivity contribution >= 4 is 0 Å². The van der Waals surface area contributed by atoms with Crippen molar-refractivity contribution in [2.24, 2.45) is 0 Å². The Balaban J connectivity index is 2.22. The molecule has 0 N–H and O–H groups in total. The summed E-state index contributed by atoms with van der Waals surface area (Å²) in [5.41, 5.74) is 0. The van der Waals surface area contributed by atoms with Crippen LogP contribution in [0, 0.1) is 0 Å². The molecule has 0 spiro atoms. The molecule has 4 nitrogen and oxygen atoms in total. The van der Waals surface area contributed by atoms with Crippen molar-refractivity contribution in [3.05, 3.63) is 0 Å². The highest BCUT2D eigenvalue weighted by Crippen LogP contribution is 2.18. The van der Waals surface area contributed by atoms with Gasteiger partial charge in [0, 0.05) is 20.8 Å². The van der Waals surface area contributed by atoms with Crippen LogP contribution in [0.25, 0.3) is 0 Å². The first-order valence-electron chi connectivity index (χ1n) is 5.09. The van der Waals surface area contributed by atoms with E-state index in [1.54, 1.807) is 14.2 Å². The Bertz CT molecular complexity index is 134. The highest BCUT2D eigenvalue weighted by Gasteiger charge is 2.26. The molecule has 4 heteroatoms. The number of hydrogen-bond acceptors (Lipinski definition) is 4. The lowest BCUT2D eigenvalue weighted by molar-refractivity contribution is -0.0876. The van der Waals surface area contributed by atoms with Crippen LogP contribution >= 0.6 is 0 Å². The number of hydrogen-bond donors (Lipinski definition) is 0. The molecular weight excluding hydrogens is 184 g/mol. The molecule has 0 aliphatic carbocycles. The van der Waals surface area contributed by atoms with Crippen LogP contribution in [0.5, 0.6) is 0 Å². The molecule has 0 radical (unpaired) electrons. The van der Waals surface area contributed by atoms with Crippen molar-refractivity contribution in [2.75, 3.05) is 40.6 Å². The standard InChI is InChI=1S/C10H20O4/c1-11-6-7-14-10(8-12-2)9-4-3-5-13-9/h9-10H,3-8H2,1-2H3. The minimum absolute atomic E-state index is 0.0534. The van der Waals surface area contributed by atoms with Gasteiger partial charge in [0.05, 0.1) is 25.9 Å². The summed E-state index contributed by atoms with van der Waals surface area (Å²) in [6.07, 6.45) is 2.45. The van der Waals surface area contributed by atoms with Gasteiger partial charge in [0.25, 0.3) is 0 Å². The second-order valence-corrected chi connectivity index (χ2v) is 3.41. The Morgan fingerprint density at radius 1 is 1.29 bits per heavy atom. The average Bonchev–Trinajstić information content (AvgIpc) is 2.70. The molecule has 2 unspecified atom stereocenters. The van der Waals surface area contributed by atoms with Gasteiger partial charge in [-0.2, -0.15) is 0 Å². The summed E-state index contributed by atoms with van der Waals surface area (Å²) >= 11 is 0. The van der Waals surface area contributed by atoms with E-state index in [2.05, 4.69) is 0 Å². The van der Waals surface area contributed by atoms with Crippen molar-refractivity contribution in [1.82, 2.24) is 0 Å². The summed E-state index contributed by atoms with van der Waals surface area (Å²) < 4.78 is 21.2. The van der Waals surface area contributed by atoms with Gasteiger partial charge in [-0.1, -0.05) is 0 Å². The molecule has 0 aromatic carbocycles. The number of rotatable bonds is 7. The quantitative estimate of drug-likeness (QED) is 0.576. The Morgan fingerprint density at radius 2 is 2.14 bits per heavy atom. The van der Waals surface area contributed by atoms with E-state index in [0.717, 1.165) is 19.4 Å².